The van der Waals surface area contributed by atoms with Crippen molar-refractivity contribution in [3.63, 3.8) is 0 Å². The summed E-state index contributed by atoms with van der Waals surface area (Å²) < 4.78 is 8.41. The summed E-state index contributed by atoms with van der Waals surface area (Å²) in [5.74, 6) is 0. The summed E-state index contributed by atoms with van der Waals surface area (Å²) in [7, 11) is -0.970. The molecule has 0 bridgehead atoms. The molecule has 0 saturated carbocycles. The fourth-order valence-corrected chi connectivity index (χ4v) is 2.40. The summed E-state index contributed by atoms with van der Waals surface area (Å²) in [6, 6.07) is 3.19. The normalized spacial score (nSPS) is 12.1. The maximum Gasteiger partial charge on any atom is 0.140 e. The van der Waals surface area contributed by atoms with Crippen LogP contribution in [0, 0.1) is 6.92 Å². The van der Waals surface area contributed by atoms with Crippen LogP contribution in [0.2, 0.25) is 25.7 Å². The van der Waals surface area contributed by atoms with Crippen LogP contribution >= 0.6 is 15.9 Å². The quantitative estimate of drug-likeness (QED) is 0.615. The van der Waals surface area contributed by atoms with E-state index in [0.717, 1.165) is 16.9 Å². The van der Waals surface area contributed by atoms with Crippen molar-refractivity contribution in [1.82, 2.24) is 9.78 Å². The number of hydrogen-bond acceptors (Lipinski definition) is 2. The topological polar surface area (TPSA) is 27.1 Å². The zero-order valence-electron chi connectivity index (χ0n) is 9.88. The first-order valence-corrected chi connectivity index (χ1v) is 9.66. The van der Waals surface area contributed by atoms with Gasteiger partial charge < -0.3 is 4.74 Å². The highest BCUT2D eigenvalue weighted by Gasteiger charge is 2.12. The van der Waals surface area contributed by atoms with Crippen LogP contribution in [-0.2, 0) is 11.5 Å². The number of rotatable bonds is 5. The Labute approximate surface area is 101 Å². The predicted octanol–water partition coefficient (Wildman–Crippen LogP) is 3.27. The lowest BCUT2D eigenvalue weighted by Gasteiger charge is -2.15. The molecule has 0 amide bonds. The van der Waals surface area contributed by atoms with Gasteiger partial charge in [-0.15, -0.1) is 0 Å². The zero-order valence-corrected chi connectivity index (χ0v) is 12.5. The molecule has 0 atom stereocenters. The van der Waals surface area contributed by atoms with Crippen LogP contribution in [0.4, 0.5) is 0 Å². The van der Waals surface area contributed by atoms with Gasteiger partial charge in [0.1, 0.15) is 11.3 Å². The first-order valence-electron chi connectivity index (χ1n) is 5.16. The van der Waals surface area contributed by atoms with Crippen molar-refractivity contribution in [2.24, 2.45) is 0 Å². The highest BCUT2D eigenvalue weighted by atomic mass is 79.9. The van der Waals surface area contributed by atoms with Gasteiger partial charge in [0.05, 0.1) is 5.69 Å². The molecule has 15 heavy (non-hydrogen) atoms. The number of nitrogens with zero attached hydrogens (tertiary/aromatic N) is 2. The molecule has 1 heterocycles. The Morgan fingerprint density at radius 3 is 2.60 bits per heavy atom. The molecule has 0 aliphatic heterocycles. The second kappa shape index (κ2) is 5.27. The minimum Gasteiger partial charge on any atom is -0.359 e. The average molecular weight is 291 g/mol. The van der Waals surface area contributed by atoms with Gasteiger partial charge in [0.2, 0.25) is 0 Å². The first-order chi connectivity index (χ1) is 6.88. The minimum absolute atomic E-state index is 0.541. The molecule has 0 aliphatic carbocycles. The van der Waals surface area contributed by atoms with E-state index < -0.39 is 8.07 Å². The SMILES string of the molecule is Cc1cc(Br)n(COCC[Si](C)(C)C)n1. The van der Waals surface area contributed by atoms with E-state index in [9.17, 15) is 0 Å². The summed E-state index contributed by atoms with van der Waals surface area (Å²) >= 11 is 3.44. The summed E-state index contributed by atoms with van der Waals surface area (Å²) in [4.78, 5) is 0. The van der Waals surface area contributed by atoms with E-state index in [1.165, 1.54) is 6.04 Å². The molecule has 0 N–H and O–H groups in total. The van der Waals surface area contributed by atoms with Gasteiger partial charge in [0, 0.05) is 14.7 Å². The van der Waals surface area contributed by atoms with Gasteiger partial charge in [-0.2, -0.15) is 5.10 Å². The van der Waals surface area contributed by atoms with E-state index in [2.05, 4.69) is 40.7 Å². The molecule has 86 valence electrons. The predicted molar refractivity (Wildman–Crippen MR) is 68.8 cm³/mol. The van der Waals surface area contributed by atoms with Gasteiger partial charge in [-0.05, 0) is 35.0 Å². The maximum atomic E-state index is 5.60. The summed E-state index contributed by atoms with van der Waals surface area (Å²) in [6.07, 6.45) is 0. The van der Waals surface area contributed by atoms with Gasteiger partial charge in [-0.1, -0.05) is 19.6 Å². The van der Waals surface area contributed by atoms with Crippen molar-refractivity contribution < 1.29 is 4.74 Å². The second-order valence-corrected chi connectivity index (χ2v) is 11.4. The number of aryl methyl sites for hydroxylation is 1. The second-order valence-electron chi connectivity index (χ2n) is 4.96. The molecule has 0 saturated heterocycles. The lowest BCUT2D eigenvalue weighted by atomic mass is 10.5. The Morgan fingerprint density at radius 1 is 1.47 bits per heavy atom. The lowest BCUT2D eigenvalue weighted by Crippen LogP contribution is -2.22. The van der Waals surface area contributed by atoms with E-state index in [1.54, 1.807) is 0 Å². The molecule has 0 aromatic carbocycles. The smallest absolute Gasteiger partial charge is 0.140 e. The van der Waals surface area contributed by atoms with E-state index in [-0.39, 0.29) is 0 Å². The van der Waals surface area contributed by atoms with Crippen LogP contribution in [0.5, 0.6) is 0 Å². The van der Waals surface area contributed by atoms with E-state index >= 15 is 0 Å². The molecule has 0 fully saturated rings. The number of ether oxygens (including phenoxy) is 1. The third-order valence-electron chi connectivity index (χ3n) is 2.06. The van der Waals surface area contributed by atoms with Gasteiger partial charge >= 0.3 is 0 Å². The molecule has 5 heteroatoms. The van der Waals surface area contributed by atoms with Gasteiger partial charge in [-0.25, -0.2) is 4.68 Å². The number of aromatic nitrogens is 2. The van der Waals surface area contributed by atoms with Gasteiger partial charge in [0.15, 0.2) is 0 Å². The van der Waals surface area contributed by atoms with Crippen molar-refractivity contribution >= 4 is 24.0 Å². The molecular formula is C10H19BrN2OSi. The summed E-state index contributed by atoms with van der Waals surface area (Å²) in [5, 5.41) is 4.30. The lowest BCUT2D eigenvalue weighted by molar-refractivity contribution is 0.0768. The maximum absolute atomic E-state index is 5.60. The number of hydrogen-bond donors (Lipinski definition) is 0. The monoisotopic (exact) mass is 290 g/mol. The van der Waals surface area contributed by atoms with Crippen molar-refractivity contribution in [2.75, 3.05) is 6.61 Å². The van der Waals surface area contributed by atoms with Crippen molar-refractivity contribution in [3.05, 3.63) is 16.4 Å². The standard InChI is InChI=1S/C10H19BrN2OSi/c1-9-7-10(11)13(12-9)8-14-5-6-15(2,3)4/h7H,5-6,8H2,1-4H3. The minimum atomic E-state index is -0.970. The molecule has 0 unspecified atom stereocenters. The molecule has 0 aliphatic rings. The molecule has 3 nitrogen and oxygen atoms in total. The zero-order chi connectivity index (χ0) is 11.5. The van der Waals surface area contributed by atoms with Gasteiger partial charge in [0.25, 0.3) is 0 Å². The van der Waals surface area contributed by atoms with E-state index in [0.29, 0.717) is 6.73 Å². The summed E-state index contributed by atoms with van der Waals surface area (Å²) in [6.45, 7) is 10.4. The summed E-state index contributed by atoms with van der Waals surface area (Å²) in [5.41, 5.74) is 1.01. The fourth-order valence-electron chi connectivity index (χ4n) is 1.13. The molecular weight excluding hydrogens is 272 g/mol. The Morgan fingerprint density at radius 2 is 2.13 bits per heavy atom. The largest absolute Gasteiger partial charge is 0.359 e. The molecule has 0 spiro atoms. The van der Waals surface area contributed by atoms with Crippen LogP contribution < -0.4 is 0 Å². The Hall–Kier alpha value is -0.133. The van der Waals surface area contributed by atoms with Crippen molar-refractivity contribution in [3.8, 4) is 0 Å². The van der Waals surface area contributed by atoms with Crippen LogP contribution in [-0.4, -0.2) is 24.5 Å². The Bertz CT molecular complexity index is 320. The molecule has 1 aromatic rings. The van der Waals surface area contributed by atoms with E-state index in [4.69, 9.17) is 4.74 Å². The Kier molecular flexibility index (Phi) is 4.55. The van der Waals surface area contributed by atoms with E-state index in [1.807, 2.05) is 17.7 Å². The van der Waals surface area contributed by atoms with Crippen molar-refractivity contribution in [1.29, 1.82) is 0 Å². The van der Waals surface area contributed by atoms with Crippen molar-refractivity contribution in [2.45, 2.75) is 39.3 Å². The molecule has 0 radical (unpaired) electrons. The van der Waals surface area contributed by atoms with Crippen LogP contribution in [0.1, 0.15) is 5.69 Å². The van der Waals surface area contributed by atoms with Gasteiger partial charge in [-0.3, -0.25) is 0 Å². The highest BCUT2D eigenvalue weighted by Crippen LogP contribution is 2.12. The van der Waals surface area contributed by atoms with Crippen LogP contribution in [0.3, 0.4) is 0 Å². The third-order valence-corrected chi connectivity index (χ3v) is 4.41. The third kappa shape index (κ3) is 4.95. The Balaban J connectivity index is 2.29. The average Bonchev–Trinajstić information content (AvgIpc) is 2.37. The van der Waals surface area contributed by atoms with Crippen LogP contribution in [0.25, 0.3) is 0 Å². The first kappa shape index (κ1) is 12.9. The number of halogens is 1. The molecule has 1 aromatic heterocycles. The molecule has 1 rings (SSSR count). The van der Waals surface area contributed by atoms with Crippen LogP contribution in [0.15, 0.2) is 10.7 Å². The fraction of sp³-hybridized carbons (Fsp3) is 0.700. The highest BCUT2D eigenvalue weighted by molar-refractivity contribution is 9.10.